The van der Waals surface area contributed by atoms with Crippen LogP contribution in [0.4, 0.5) is 0 Å². The van der Waals surface area contributed by atoms with Gasteiger partial charge in [0.25, 0.3) is 11.1 Å². The first-order chi connectivity index (χ1) is 12.3. The van der Waals surface area contributed by atoms with Gasteiger partial charge in [-0.05, 0) is 37.6 Å². The molecule has 3 rings (SSSR count). The molecule has 0 fully saturated rings. The number of ether oxygens (including phenoxy) is 2. The SMILES string of the molecule is Cc1ccc(OCc2nnc(SCCCOc3ccccc3)o2)cc1. The first-order valence-electron chi connectivity index (χ1n) is 8.12. The van der Waals surface area contributed by atoms with Crippen LogP contribution < -0.4 is 9.47 Å². The molecule has 0 aliphatic heterocycles. The molecule has 0 amide bonds. The van der Waals surface area contributed by atoms with Crippen molar-refractivity contribution in [2.45, 2.75) is 25.2 Å². The number of aryl methyl sites for hydroxylation is 1. The highest BCUT2D eigenvalue weighted by molar-refractivity contribution is 7.99. The molecule has 0 saturated carbocycles. The minimum absolute atomic E-state index is 0.272. The van der Waals surface area contributed by atoms with E-state index in [1.165, 1.54) is 17.3 Å². The lowest BCUT2D eigenvalue weighted by Gasteiger charge is -2.04. The Morgan fingerprint density at radius 2 is 1.68 bits per heavy atom. The number of para-hydroxylation sites is 1. The van der Waals surface area contributed by atoms with Gasteiger partial charge >= 0.3 is 0 Å². The van der Waals surface area contributed by atoms with Gasteiger partial charge in [-0.2, -0.15) is 0 Å². The van der Waals surface area contributed by atoms with Crippen LogP contribution in [-0.2, 0) is 6.61 Å². The van der Waals surface area contributed by atoms with Crippen LogP contribution in [0.2, 0.25) is 0 Å². The Bertz CT molecular complexity index is 760. The Morgan fingerprint density at radius 3 is 2.48 bits per heavy atom. The van der Waals surface area contributed by atoms with Crippen LogP contribution in [0.25, 0.3) is 0 Å². The van der Waals surface area contributed by atoms with Gasteiger partial charge in [-0.3, -0.25) is 0 Å². The number of hydrogen-bond donors (Lipinski definition) is 0. The fourth-order valence-electron chi connectivity index (χ4n) is 2.06. The third-order valence-corrected chi connectivity index (χ3v) is 4.26. The zero-order chi connectivity index (χ0) is 17.3. The van der Waals surface area contributed by atoms with Crippen molar-refractivity contribution >= 4 is 11.8 Å². The molecule has 0 unspecified atom stereocenters. The second-order valence-corrected chi connectivity index (χ2v) is 6.47. The third kappa shape index (κ3) is 5.83. The molecular formula is C19H20N2O3S. The summed E-state index contributed by atoms with van der Waals surface area (Å²) in [7, 11) is 0. The van der Waals surface area contributed by atoms with Gasteiger partial charge < -0.3 is 13.9 Å². The average molecular weight is 356 g/mol. The molecule has 6 heteroatoms. The number of thioether (sulfide) groups is 1. The number of rotatable bonds is 9. The zero-order valence-corrected chi connectivity index (χ0v) is 14.9. The summed E-state index contributed by atoms with van der Waals surface area (Å²) in [4.78, 5) is 0. The Labute approximate surface area is 151 Å². The third-order valence-electron chi connectivity index (χ3n) is 3.36. The molecule has 0 saturated heterocycles. The highest BCUT2D eigenvalue weighted by atomic mass is 32.2. The second kappa shape index (κ2) is 9.13. The molecule has 130 valence electrons. The van der Waals surface area contributed by atoms with E-state index in [0.717, 1.165) is 23.7 Å². The Kier molecular flexibility index (Phi) is 6.34. The standard InChI is InChI=1S/C19H20N2O3S/c1-15-8-10-17(11-9-15)23-14-18-20-21-19(24-18)25-13-5-12-22-16-6-3-2-4-7-16/h2-4,6-11H,5,12-14H2,1H3. The molecule has 25 heavy (non-hydrogen) atoms. The molecule has 0 spiro atoms. The van der Waals surface area contributed by atoms with Crippen molar-refractivity contribution in [2.75, 3.05) is 12.4 Å². The first-order valence-corrected chi connectivity index (χ1v) is 9.11. The highest BCUT2D eigenvalue weighted by Crippen LogP contribution is 2.19. The second-order valence-electron chi connectivity index (χ2n) is 5.43. The summed E-state index contributed by atoms with van der Waals surface area (Å²) >= 11 is 1.52. The van der Waals surface area contributed by atoms with Gasteiger partial charge in [0.15, 0.2) is 6.61 Å². The molecule has 3 aromatic rings. The summed E-state index contributed by atoms with van der Waals surface area (Å²) in [6, 6.07) is 17.6. The maximum atomic E-state index is 5.65. The molecule has 0 aliphatic carbocycles. The summed E-state index contributed by atoms with van der Waals surface area (Å²) in [6.07, 6.45) is 0.900. The van der Waals surface area contributed by atoms with Gasteiger partial charge in [0.05, 0.1) is 6.61 Å². The minimum atomic E-state index is 0.272. The summed E-state index contributed by atoms with van der Waals surface area (Å²) in [5.74, 6) is 3.01. The monoisotopic (exact) mass is 356 g/mol. The normalized spacial score (nSPS) is 10.6. The summed E-state index contributed by atoms with van der Waals surface area (Å²) in [5.41, 5.74) is 1.19. The van der Waals surface area contributed by atoms with Crippen molar-refractivity contribution in [3.05, 3.63) is 66.1 Å². The van der Waals surface area contributed by atoms with E-state index in [4.69, 9.17) is 13.9 Å². The van der Waals surface area contributed by atoms with E-state index in [1.54, 1.807) is 0 Å². The molecule has 0 atom stereocenters. The van der Waals surface area contributed by atoms with Gasteiger partial charge in [0, 0.05) is 5.75 Å². The average Bonchev–Trinajstić information content (AvgIpc) is 3.10. The van der Waals surface area contributed by atoms with Crippen LogP contribution in [0.5, 0.6) is 11.5 Å². The summed E-state index contributed by atoms with van der Waals surface area (Å²) in [5, 5.41) is 8.58. The number of benzene rings is 2. The lowest BCUT2D eigenvalue weighted by atomic mass is 10.2. The van der Waals surface area contributed by atoms with Gasteiger partial charge in [-0.15, -0.1) is 10.2 Å². The summed E-state index contributed by atoms with van der Waals surface area (Å²) in [6.45, 7) is 2.97. The van der Waals surface area contributed by atoms with Crippen molar-refractivity contribution in [3.8, 4) is 11.5 Å². The largest absolute Gasteiger partial charge is 0.494 e. The maximum absolute atomic E-state index is 5.65. The van der Waals surface area contributed by atoms with Crippen molar-refractivity contribution in [2.24, 2.45) is 0 Å². The molecule has 0 N–H and O–H groups in total. The lowest BCUT2D eigenvalue weighted by molar-refractivity contribution is 0.252. The smallest absolute Gasteiger partial charge is 0.276 e. The number of aromatic nitrogens is 2. The van der Waals surface area contributed by atoms with E-state index in [9.17, 15) is 0 Å². The van der Waals surface area contributed by atoms with Crippen LogP contribution in [0.15, 0.2) is 64.2 Å². The van der Waals surface area contributed by atoms with Gasteiger partial charge in [0.2, 0.25) is 0 Å². The fraction of sp³-hybridized carbons (Fsp3) is 0.263. The van der Waals surface area contributed by atoms with Crippen molar-refractivity contribution in [1.29, 1.82) is 0 Å². The van der Waals surface area contributed by atoms with Gasteiger partial charge in [-0.25, -0.2) is 0 Å². The minimum Gasteiger partial charge on any atom is -0.494 e. The van der Waals surface area contributed by atoms with Gasteiger partial charge in [0.1, 0.15) is 11.5 Å². The molecule has 1 aromatic heterocycles. The van der Waals surface area contributed by atoms with E-state index < -0.39 is 0 Å². The fourth-order valence-corrected chi connectivity index (χ4v) is 2.75. The van der Waals surface area contributed by atoms with Crippen molar-refractivity contribution in [3.63, 3.8) is 0 Å². The van der Waals surface area contributed by atoms with Crippen LogP contribution >= 0.6 is 11.8 Å². The molecule has 5 nitrogen and oxygen atoms in total. The topological polar surface area (TPSA) is 57.4 Å². The van der Waals surface area contributed by atoms with Crippen LogP contribution in [0, 0.1) is 6.92 Å². The van der Waals surface area contributed by atoms with E-state index in [2.05, 4.69) is 10.2 Å². The van der Waals surface area contributed by atoms with Crippen LogP contribution in [0.1, 0.15) is 17.9 Å². The van der Waals surface area contributed by atoms with E-state index >= 15 is 0 Å². The lowest BCUT2D eigenvalue weighted by Crippen LogP contribution is -1.98. The van der Waals surface area contributed by atoms with Gasteiger partial charge in [-0.1, -0.05) is 47.7 Å². The van der Waals surface area contributed by atoms with E-state index in [0.29, 0.717) is 17.7 Å². The van der Waals surface area contributed by atoms with Crippen molar-refractivity contribution in [1.82, 2.24) is 10.2 Å². The molecule has 0 radical (unpaired) electrons. The predicted octanol–water partition coefficient (Wildman–Crippen LogP) is 4.52. The Morgan fingerprint density at radius 1 is 0.920 bits per heavy atom. The summed E-state index contributed by atoms with van der Waals surface area (Å²) < 4.78 is 16.8. The Balaban J connectivity index is 1.34. The van der Waals surface area contributed by atoms with Crippen molar-refractivity contribution < 1.29 is 13.9 Å². The quantitative estimate of drug-likeness (QED) is 0.415. The maximum Gasteiger partial charge on any atom is 0.276 e. The van der Waals surface area contributed by atoms with Crippen LogP contribution in [-0.4, -0.2) is 22.6 Å². The molecule has 0 bridgehead atoms. The van der Waals surface area contributed by atoms with E-state index in [-0.39, 0.29) is 6.61 Å². The number of hydrogen-bond acceptors (Lipinski definition) is 6. The molecule has 1 heterocycles. The molecular weight excluding hydrogens is 336 g/mol. The zero-order valence-electron chi connectivity index (χ0n) is 14.1. The highest BCUT2D eigenvalue weighted by Gasteiger charge is 2.07. The number of nitrogens with zero attached hydrogens (tertiary/aromatic N) is 2. The van der Waals surface area contributed by atoms with E-state index in [1.807, 2.05) is 61.5 Å². The molecule has 2 aromatic carbocycles. The Hall–Kier alpha value is -2.47. The molecule has 0 aliphatic rings. The van der Waals surface area contributed by atoms with Crippen LogP contribution in [0.3, 0.4) is 0 Å². The predicted molar refractivity (Wildman–Crippen MR) is 97.1 cm³/mol. The first kappa shape index (κ1) is 17.4.